The second kappa shape index (κ2) is 8.15. The lowest BCUT2D eigenvalue weighted by Gasteiger charge is -2.34. The standard InChI is InChI=1S/C14H25IN2O/c1-10-5-6-12(11(2)18-3)9-13(10)14(15)17-8-4-7-16/h10,12-13H,2,4-9,16H2,1,3H3/t10-,12?,13?/m0/s1. The van der Waals surface area contributed by atoms with Gasteiger partial charge in [0.2, 0.25) is 0 Å². The number of nitrogens with two attached hydrogens (primary N) is 1. The van der Waals surface area contributed by atoms with Crippen LogP contribution in [0, 0.1) is 17.8 Å². The molecule has 4 heteroatoms. The van der Waals surface area contributed by atoms with Crippen molar-refractivity contribution in [1.29, 1.82) is 0 Å². The molecule has 0 aromatic carbocycles. The molecular weight excluding hydrogens is 339 g/mol. The minimum Gasteiger partial charge on any atom is -0.501 e. The van der Waals surface area contributed by atoms with E-state index in [1.54, 1.807) is 7.11 Å². The number of allylic oxidation sites excluding steroid dienone is 1. The number of aliphatic imine (C=N–C) groups is 1. The zero-order chi connectivity index (χ0) is 13.5. The van der Waals surface area contributed by atoms with E-state index in [1.165, 1.54) is 16.6 Å². The summed E-state index contributed by atoms with van der Waals surface area (Å²) in [6.45, 7) is 7.91. The Hall–Kier alpha value is -0.100. The number of rotatable bonds is 6. The summed E-state index contributed by atoms with van der Waals surface area (Å²) in [5.74, 6) is 2.69. The summed E-state index contributed by atoms with van der Waals surface area (Å²) in [7, 11) is 1.72. The highest BCUT2D eigenvalue weighted by atomic mass is 127. The average Bonchev–Trinajstić information content (AvgIpc) is 2.38. The summed E-state index contributed by atoms with van der Waals surface area (Å²) < 4.78 is 6.55. The molecule has 104 valence electrons. The number of methoxy groups -OCH3 is 1. The molecule has 0 bridgehead atoms. The summed E-state index contributed by atoms with van der Waals surface area (Å²) >= 11 is 2.40. The fraction of sp³-hybridized carbons (Fsp3) is 0.786. The predicted octanol–water partition coefficient (Wildman–Crippen LogP) is 3.38. The van der Waals surface area contributed by atoms with Crippen molar-refractivity contribution in [2.45, 2.75) is 32.6 Å². The summed E-state index contributed by atoms with van der Waals surface area (Å²) in [4.78, 5) is 4.66. The number of hydrogen-bond donors (Lipinski definition) is 1. The highest BCUT2D eigenvalue weighted by molar-refractivity contribution is 14.1. The lowest BCUT2D eigenvalue weighted by atomic mass is 9.75. The zero-order valence-corrected chi connectivity index (χ0v) is 13.7. The Bertz CT molecular complexity index is 304. The molecular formula is C14H25IN2O. The largest absolute Gasteiger partial charge is 0.501 e. The Kier molecular flexibility index (Phi) is 7.22. The van der Waals surface area contributed by atoms with Gasteiger partial charge in [0.15, 0.2) is 0 Å². The Morgan fingerprint density at radius 2 is 2.22 bits per heavy atom. The summed E-state index contributed by atoms with van der Waals surface area (Å²) in [5.41, 5.74) is 5.50. The van der Waals surface area contributed by atoms with Gasteiger partial charge >= 0.3 is 0 Å². The number of nitrogens with zero attached hydrogens (tertiary/aromatic N) is 1. The van der Waals surface area contributed by atoms with Crippen LogP contribution >= 0.6 is 22.6 Å². The summed E-state index contributed by atoms with van der Waals surface area (Å²) in [6, 6.07) is 0. The normalized spacial score (nSPS) is 29.1. The van der Waals surface area contributed by atoms with Gasteiger partial charge in [0.25, 0.3) is 0 Å². The van der Waals surface area contributed by atoms with Crippen molar-refractivity contribution in [3.8, 4) is 0 Å². The van der Waals surface area contributed by atoms with Crippen molar-refractivity contribution in [2.24, 2.45) is 28.5 Å². The predicted molar refractivity (Wildman–Crippen MR) is 86.1 cm³/mol. The van der Waals surface area contributed by atoms with E-state index in [-0.39, 0.29) is 0 Å². The van der Waals surface area contributed by atoms with Gasteiger partial charge < -0.3 is 10.5 Å². The van der Waals surface area contributed by atoms with Gasteiger partial charge in [-0.2, -0.15) is 0 Å². The lowest BCUT2D eigenvalue weighted by molar-refractivity contribution is 0.182. The first-order chi connectivity index (χ1) is 8.60. The van der Waals surface area contributed by atoms with E-state index in [2.05, 4.69) is 41.1 Å². The molecule has 0 saturated heterocycles. The van der Waals surface area contributed by atoms with Crippen molar-refractivity contribution < 1.29 is 4.74 Å². The third-order valence-electron chi connectivity index (χ3n) is 3.84. The number of hydrogen-bond acceptors (Lipinski definition) is 3. The first-order valence-corrected chi connectivity index (χ1v) is 7.80. The van der Waals surface area contributed by atoms with E-state index >= 15 is 0 Å². The summed E-state index contributed by atoms with van der Waals surface area (Å²) in [5, 5.41) is 0. The highest BCUT2D eigenvalue weighted by Crippen LogP contribution is 2.38. The van der Waals surface area contributed by atoms with Crippen LogP contribution < -0.4 is 5.73 Å². The molecule has 0 amide bonds. The van der Waals surface area contributed by atoms with Crippen molar-refractivity contribution in [3.05, 3.63) is 12.3 Å². The quantitative estimate of drug-likeness (QED) is 0.340. The Labute approximate surface area is 124 Å². The maximum atomic E-state index is 5.50. The Balaban J connectivity index is 2.61. The molecule has 3 nitrogen and oxygen atoms in total. The SMILES string of the molecule is C=C(OC)C1CC[C@H](C)C(C(I)=NCCCN)C1. The first kappa shape index (κ1) is 16.0. The number of ether oxygens (including phenoxy) is 1. The molecule has 1 saturated carbocycles. The van der Waals surface area contributed by atoms with Gasteiger partial charge in [0.05, 0.1) is 16.6 Å². The maximum absolute atomic E-state index is 5.50. The van der Waals surface area contributed by atoms with E-state index in [1.807, 2.05) is 0 Å². The average molecular weight is 364 g/mol. The second-order valence-electron chi connectivity index (χ2n) is 5.11. The minimum absolute atomic E-state index is 0.491. The fourth-order valence-electron chi connectivity index (χ4n) is 2.51. The van der Waals surface area contributed by atoms with Crippen LogP contribution in [0.5, 0.6) is 0 Å². The van der Waals surface area contributed by atoms with Crippen LogP contribution in [-0.4, -0.2) is 23.9 Å². The van der Waals surface area contributed by atoms with Crippen LogP contribution in [0.15, 0.2) is 17.3 Å². The van der Waals surface area contributed by atoms with E-state index in [9.17, 15) is 0 Å². The van der Waals surface area contributed by atoms with Crippen LogP contribution in [-0.2, 0) is 4.74 Å². The van der Waals surface area contributed by atoms with Gasteiger partial charge in [0, 0.05) is 18.4 Å². The van der Waals surface area contributed by atoms with Crippen LogP contribution in [0.1, 0.15) is 32.6 Å². The molecule has 2 N–H and O–H groups in total. The topological polar surface area (TPSA) is 47.6 Å². The first-order valence-electron chi connectivity index (χ1n) is 6.72. The van der Waals surface area contributed by atoms with Gasteiger partial charge in [0.1, 0.15) is 0 Å². The van der Waals surface area contributed by atoms with Crippen LogP contribution in [0.3, 0.4) is 0 Å². The van der Waals surface area contributed by atoms with Crippen LogP contribution in [0.2, 0.25) is 0 Å². The number of halogens is 1. The van der Waals surface area contributed by atoms with E-state index in [0.717, 1.165) is 31.7 Å². The van der Waals surface area contributed by atoms with Crippen molar-refractivity contribution in [3.63, 3.8) is 0 Å². The van der Waals surface area contributed by atoms with Gasteiger partial charge in [-0.1, -0.05) is 13.5 Å². The molecule has 0 heterocycles. The molecule has 1 rings (SSSR count). The third kappa shape index (κ3) is 4.53. The van der Waals surface area contributed by atoms with Gasteiger partial charge in [-0.3, -0.25) is 4.99 Å². The molecule has 0 spiro atoms. The summed E-state index contributed by atoms with van der Waals surface area (Å²) in [6.07, 6.45) is 4.52. The van der Waals surface area contributed by atoms with Crippen molar-refractivity contribution in [1.82, 2.24) is 0 Å². The van der Waals surface area contributed by atoms with E-state index < -0.39 is 0 Å². The van der Waals surface area contributed by atoms with E-state index in [4.69, 9.17) is 10.5 Å². The van der Waals surface area contributed by atoms with Gasteiger partial charge in [-0.25, -0.2) is 0 Å². The molecule has 0 radical (unpaired) electrons. The Morgan fingerprint density at radius 1 is 1.50 bits per heavy atom. The third-order valence-corrected chi connectivity index (χ3v) is 4.99. The Morgan fingerprint density at radius 3 is 2.83 bits per heavy atom. The minimum atomic E-state index is 0.491. The molecule has 2 unspecified atom stereocenters. The van der Waals surface area contributed by atoms with Crippen molar-refractivity contribution >= 4 is 26.3 Å². The zero-order valence-electron chi connectivity index (χ0n) is 11.5. The van der Waals surface area contributed by atoms with Crippen molar-refractivity contribution in [2.75, 3.05) is 20.2 Å². The molecule has 0 aromatic rings. The van der Waals surface area contributed by atoms with Crippen LogP contribution in [0.25, 0.3) is 0 Å². The molecule has 1 aliphatic rings. The molecule has 1 fully saturated rings. The van der Waals surface area contributed by atoms with Crippen LogP contribution in [0.4, 0.5) is 0 Å². The highest BCUT2D eigenvalue weighted by Gasteiger charge is 2.31. The molecule has 1 aliphatic carbocycles. The lowest BCUT2D eigenvalue weighted by Crippen LogP contribution is -2.28. The van der Waals surface area contributed by atoms with Gasteiger partial charge in [-0.15, -0.1) is 0 Å². The van der Waals surface area contributed by atoms with E-state index in [0.29, 0.717) is 17.8 Å². The molecule has 0 aromatic heterocycles. The molecule has 18 heavy (non-hydrogen) atoms. The molecule has 3 atom stereocenters. The second-order valence-corrected chi connectivity index (χ2v) is 6.22. The smallest absolute Gasteiger partial charge is 0.0914 e. The molecule has 0 aliphatic heterocycles. The maximum Gasteiger partial charge on any atom is 0.0914 e. The fourth-order valence-corrected chi connectivity index (χ4v) is 3.62. The monoisotopic (exact) mass is 364 g/mol. The van der Waals surface area contributed by atoms with Gasteiger partial charge in [-0.05, 0) is 60.7 Å².